The van der Waals surface area contributed by atoms with Gasteiger partial charge in [-0.3, -0.25) is 0 Å². The van der Waals surface area contributed by atoms with Crippen molar-refractivity contribution in [2.75, 3.05) is 0 Å². The fourth-order valence-corrected chi connectivity index (χ4v) is 5.54. The predicted molar refractivity (Wildman–Crippen MR) is 149 cm³/mol. The van der Waals surface area contributed by atoms with E-state index in [1.807, 2.05) is 0 Å². The molecule has 0 fully saturated rings. The van der Waals surface area contributed by atoms with Crippen molar-refractivity contribution in [3.05, 3.63) is 140 Å². The normalized spacial score (nSPS) is 11.4. The first kappa shape index (κ1) is 19.8. The van der Waals surface area contributed by atoms with Gasteiger partial charge in [0, 0.05) is 21.9 Å². The van der Waals surface area contributed by atoms with Crippen LogP contribution in [0.4, 0.5) is 0 Å². The summed E-state index contributed by atoms with van der Waals surface area (Å²) in [6.45, 7) is 0. The minimum Gasteiger partial charge on any atom is -0.307 e. The molecule has 0 atom stereocenters. The van der Waals surface area contributed by atoms with E-state index in [9.17, 15) is 0 Å². The molecule has 5 aromatic carbocycles. The molecule has 0 spiro atoms. The molecule has 0 unspecified atom stereocenters. The number of hydrogen-bond acceptors (Lipinski definition) is 0. The van der Waals surface area contributed by atoms with Crippen LogP contribution in [0.1, 0.15) is 0 Å². The van der Waals surface area contributed by atoms with Crippen LogP contribution in [0.2, 0.25) is 0 Å². The summed E-state index contributed by atoms with van der Waals surface area (Å²) in [4.78, 5) is 0. The van der Waals surface area contributed by atoms with E-state index in [0.29, 0.717) is 0 Å². The molecule has 0 radical (unpaired) electrons. The highest BCUT2D eigenvalue weighted by Crippen LogP contribution is 2.46. The zero-order valence-corrected chi connectivity index (χ0v) is 19.2. The Kier molecular flexibility index (Phi) is 4.53. The van der Waals surface area contributed by atoms with Crippen molar-refractivity contribution in [3.63, 3.8) is 0 Å². The van der Waals surface area contributed by atoms with E-state index in [0.717, 1.165) is 0 Å². The Labute approximate surface area is 204 Å². The summed E-state index contributed by atoms with van der Waals surface area (Å²) in [5.74, 6) is 0. The quantitative estimate of drug-likeness (QED) is 0.255. The Bertz CT molecular complexity index is 1810. The highest BCUT2D eigenvalue weighted by atomic mass is 14.9. The molecule has 0 N–H and O–H groups in total. The first-order valence-electron chi connectivity index (χ1n) is 12.1. The lowest BCUT2D eigenvalue weighted by Gasteiger charge is -2.19. The molecule has 0 aliphatic rings. The van der Waals surface area contributed by atoms with Crippen molar-refractivity contribution in [2.24, 2.45) is 0 Å². The van der Waals surface area contributed by atoms with Crippen LogP contribution in [0.5, 0.6) is 0 Å². The van der Waals surface area contributed by atoms with Crippen LogP contribution < -0.4 is 0 Å². The lowest BCUT2D eigenvalue weighted by atomic mass is 9.92. The molecule has 0 aliphatic carbocycles. The third-order valence-corrected chi connectivity index (χ3v) is 6.96. The average molecular weight is 446 g/mol. The number of para-hydroxylation sites is 1. The van der Waals surface area contributed by atoms with Gasteiger partial charge in [0.1, 0.15) is 0 Å². The van der Waals surface area contributed by atoms with E-state index < -0.39 is 0 Å². The zero-order valence-electron chi connectivity index (χ0n) is 19.2. The fraction of sp³-hybridized carbons (Fsp3) is 0. The largest absolute Gasteiger partial charge is 0.307 e. The summed E-state index contributed by atoms with van der Waals surface area (Å²) in [5.41, 5.74) is 9.93. The van der Waals surface area contributed by atoms with E-state index in [1.54, 1.807) is 0 Å². The summed E-state index contributed by atoms with van der Waals surface area (Å²) in [6.07, 6.45) is 0. The molecule has 0 bridgehead atoms. The van der Waals surface area contributed by atoms with E-state index in [1.165, 1.54) is 60.7 Å². The summed E-state index contributed by atoms with van der Waals surface area (Å²) in [6, 6.07) is 50.1. The summed E-state index contributed by atoms with van der Waals surface area (Å²) in [5, 5.41) is 3.80. The topological polar surface area (TPSA) is 4.41 Å². The maximum atomic E-state index is 2.50. The number of rotatable bonds is 3. The number of nitrogens with zero attached hydrogens (tertiary/aromatic N) is 1. The summed E-state index contributed by atoms with van der Waals surface area (Å²) < 4.78 is 2.50. The Balaban J connectivity index is 1.82. The Hall–Kier alpha value is -4.62. The van der Waals surface area contributed by atoms with Crippen LogP contribution in [0.3, 0.4) is 0 Å². The highest BCUT2D eigenvalue weighted by Gasteiger charge is 2.23. The summed E-state index contributed by atoms with van der Waals surface area (Å²) >= 11 is 0. The molecule has 0 amide bonds. The van der Waals surface area contributed by atoms with Gasteiger partial charge in [-0.05, 0) is 28.1 Å². The monoisotopic (exact) mass is 445 g/mol. The van der Waals surface area contributed by atoms with Gasteiger partial charge in [0.05, 0.1) is 16.7 Å². The lowest BCUT2D eigenvalue weighted by Crippen LogP contribution is -1.98. The molecule has 7 aromatic rings. The second-order valence-electron chi connectivity index (χ2n) is 8.94. The van der Waals surface area contributed by atoms with Crippen molar-refractivity contribution in [1.29, 1.82) is 0 Å². The Morgan fingerprint density at radius 2 is 0.800 bits per heavy atom. The van der Waals surface area contributed by atoms with Crippen LogP contribution in [-0.2, 0) is 0 Å². The number of hydrogen-bond donors (Lipinski definition) is 0. The summed E-state index contributed by atoms with van der Waals surface area (Å²) in [7, 11) is 0. The van der Waals surface area contributed by atoms with Gasteiger partial charge < -0.3 is 4.40 Å². The lowest BCUT2D eigenvalue weighted by molar-refractivity contribution is 1.27. The minimum absolute atomic E-state index is 1.21. The van der Waals surface area contributed by atoms with Crippen molar-refractivity contribution < 1.29 is 0 Å². The van der Waals surface area contributed by atoms with Crippen LogP contribution in [-0.4, -0.2) is 4.40 Å². The highest BCUT2D eigenvalue weighted by molar-refractivity contribution is 6.19. The smallest absolute Gasteiger partial charge is 0.0626 e. The third-order valence-electron chi connectivity index (χ3n) is 6.96. The van der Waals surface area contributed by atoms with Crippen molar-refractivity contribution in [1.82, 2.24) is 4.40 Å². The van der Waals surface area contributed by atoms with Crippen LogP contribution in [0.15, 0.2) is 140 Å². The Morgan fingerprint density at radius 3 is 1.43 bits per heavy atom. The molecule has 0 aliphatic heterocycles. The van der Waals surface area contributed by atoms with Gasteiger partial charge in [-0.1, -0.05) is 133 Å². The first-order chi connectivity index (χ1) is 17.4. The molecular formula is C34H23N. The Morgan fingerprint density at radius 1 is 0.343 bits per heavy atom. The van der Waals surface area contributed by atoms with Gasteiger partial charge in [0.2, 0.25) is 0 Å². The van der Waals surface area contributed by atoms with Gasteiger partial charge in [0.25, 0.3) is 0 Å². The van der Waals surface area contributed by atoms with Gasteiger partial charge >= 0.3 is 0 Å². The molecule has 1 heteroatoms. The molecule has 0 saturated carbocycles. The van der Waals surface area contributed by atoms with E-state index in [2.05, 4.69) is 144 Å². The third kappa shape index (κ3) is 3.02. The number of benzene rings is 5. The van der Waals surface area contributed by atoms with Crippen LogP contribution in [0.25, 0.3) is 60.7 Å². The van der Waals surface area contributed by atoms with Gasteiger partial charge in [0.15, 0.2) is 0 Å². The van der Waals surface area contributed by atoms with Gasteiger partial charge in [-0.2, -0.15) is 0 Å². The molecule has 1 nitrogen and oxygen atoms in total. The van der Waals surface area contributed by atoms with Crippen LogP contribution in [0, 0.1) is 0 Å². The van der Waals surface area contributed by atoms with E-state index in [-0.39, 0.29) is 0 Å². The van der Waals surface area contributed by atoms with Crippen molar-refractivity contribution in [3.8, 4) is 33.5 Å². The SMILES string of the molecule is c1ccc(-c2c(-c3ccccc3)n3c4ccccc4c(-c4ccccc4)c3c3ccccc23)cc1. The second-order valence-corrected chi connectivity index (χ2v) is 8.94. The van der Waals surface area contributed by atoms with Gasteiger partial charge in [-0.15, -0.1) is 0 Å². The maximum absolute atomic E-state index is 2.50. The first-order valence-corrected chi connectivity index (χ1v) is 12.1. The number of aromatic nitrogens is 1. The van der Waals surface area contributed by atoms with Crippen molar-refractivity contribution in [2.45, 2.75) is 0 Å². The second kappa shape index (κ2) is 8.00. The zero-order chi connectivity index (χ0) is 23.2. The predicted octanol–water partition coefficient (Wildman–Crippen LogP) is 9.25. The van der Waals surface area contributed by atoms with Crippen molar-refractivity contribution >= 4 is 27.2 Å². The maximum Gasteiger partial charge on any atom is 0.0626 e. The standard InChI is InChI=1S/C34H23N/c1-4-14-24(15-5-1)31-27-20-10-11-21-28(27)34-32(25-16-6-2-7-17-25)29-22-12-13-23-30(29)35(34)33(31)26-18-8-3-9-19-26/h1-23H. The molecule has 2 heterocycles. The molecule has 35 heavy (non-hydrogen) atoms. The van der Waals surface area contributed by atoms with E-state index in [4.69, 9.17) is 0 Å². The molecule has 7 rings (SSSR count). The molecule has 2 aromatic heterocycles. The number of fused-ring (bicyclic) bond motifs is 5. The molecule has 164 valence electrons. The molecule has 0 saturated heterocycles. The van der Waals surface area contributed by atoms with Gasteiger partial charge in [-0.25, -0.2) is 0 Å². The van der Waals surface area contributed by atoms with E-state index >= 15 is 0 Å². The number of pyridine rings is 1. The van der Waals surface area contributed by atoms with Crippen LogP contribution >= 0.6 is 0 Å². The average Bonchev–Trinajstić information content (AvgIpc) is 3.29. The molecular weight excluding hydrogens is 422 g/mol. The fourth-order valence-electron chi connectivity index (χ4n) is 5.54. The minimum atomic E-state index is 1.21.